The Morgan fingerprint density at radius 1 is 1.31 bits per heavy atom. The van der Waals surface area contributed by atoms with Crippen LogP contribution in [0.4, 0.5) is 4.39 Å². The standard InChI is InChI=1S/C20H17ClFN5OS/c1-4-17-25-27-18(23)14(19(28)24-20(27)29-17)8-12-7-10(2)26(11(12)3)13-5-6-16(22)15(21)9-13/h5-9,23H,4H2,1-3H3/b14-8-,23-18?. The zero-order valence-corrected chi connectivity index (χ0v) is 17.5. The average molecular weight is 430 g/mol. The van der Waals surface area contributed by atoms with Crippen LogP contribution < -0.4 is 0 Å². The van der Waals surface area contributed by atoms with Crippen LogP contribution in [0.2, 0.25) is 5.02 Å². The molecular weight excluding hydrogens is 413 g/mol. The zero-order chi connectivity index (χ0) is 20.9. The maximum absolute atomic E-state index is 13.5. The monoisotopic (exact) mass is 429 g/mol. The van der Waals surface area contributed by atoms with E-state index in [1.807, 2.05) is 31.4 Å². The number of nitrogens with zero attached hydrogens (tertiary/aromatic N) is 4. The molecule has 1 aromatic carbocycles. The van der Waals surface area contributed by atoms with E-state index < -0.39 is 11.7 Å². The van der Waals surface area contributed by atoms with Gasteiger partial charge >= 0.3 is 0 Å². The van der Waals surface area contributed by atoms with Crippen molar-refractivity contribution in [2.45, 2.75) is 27.2 Å². The number of carbonyl (C=O) groups is 1. The Kier molecular flexibility index (Phi) is 4.92. The van der Waals surface area contributed by atoms with Crippen molar-refractivity contribution in [1.29, 1.82) is 5.41 Å². The van der Waals surface area contributed by atoms with Gasteiger partial charge in [-0.25, -0.2) is 4.39 Å². The second-order valence-corrected chi connectivity index (χ2v) is 8.08. The van der Waals surface area contributed by atoms with Gasteiger partial charge in [0.15, 0.2) is 5.84 Å². The Morgan fingerprint density at radius 3 is 2.76 bits per heavy atom. The van der Waals surface area contributed by atoms with Crippen molar-refractivity contribution in [3.8, 4) is 5.69 Å². The van der Waals surface area contributed by atoms with Crippen LogP contribution in [0.15, 0.2) is 39.9 Å². The third-order valence-corrected chi connectivity index (χ3v) is 6.07. The molecule has 4 rings (SSSR count). The number of amidine groups is 2. The van der Waals surface area contributed by atoms with E-state index in [0.29, 0.717) is 11.6 Å². The second kappa shape index (κ2) is 7.27. The van der Waals surface area contributed by atoms with Gasteiger partial charge in [-0.2, -0.15) is 15.1 Å². The third kappa shape index (κ3) is 3.32. The number of nitrogens with one attached hydrogen (secondary N) is 1. The fraction of sp³-hybridized carbons (Fsp3) is 0.200. The first-order chi connectivity index (χ1) is 13.8. The highest BCUT2D eigenvalue weighted by atomic mass is 35.5. The molecule has 0 aliphatic carbocycles. The fourth-order valence-electron chi connectivity index (χ4n) is 3.29. The molecule has 9 heteroatoms. The number of hydrazone groups is 1. The van der Waals surface area contributed by atoms with Crippen molar-refractivity contribution in [3.63, 3.8) is 0 Å². The van der Waals surface area contributed by atoms with Gasteiger partial charge in [-0.05, 0) is 67.9 Å². The molecule has 0 saturated heterocycles. The predicted octanol–water partition coefficient (Wildman–Crippen LogP) is 4.92. The van der Waals surface area contributed by atoms with Crippen molar-refractivity contribution < 1.29 is 9.18 Å². The Hall–Kier alpha value is -2.71. The van der Waals surface area contributed by atoms with Gasteiger partial charge in [-0.3, -0.25) is 10.2 Å². The van der Waals surface area contributed by atoms with Crippen molar-refractivity contribution in [2.75, 3.05) is 0 Å². The lowest BCUT2D eigenvalue weighted by Gasteiger charge is -2.20. The number of halogens is 2. The van der Waals surface area contributed by atoms with E-state index >= 15 is 0 Å². The van der Waals surface area contributed by atoms with E-state index in [1.165, 1.54) is 22.8 Å². The third-order valence-electron chi connectivity index (χ3n) is 4.73. The van der Waals surface area contributed by atoms with Crippen molar-refractivity contribution in [2.24, 2.45) is 10.1 Å². The number of aliphatic imine (C=N–C) groups is 1. The van der Waals surface area contributed by atoms with Crippen LogP contribution in [0, 0.1) is 25.1 Å². The van der Waals surface area contributed by atoms with Gasteiger partial charge < -0.3 is 4.57 Å². The van der Waals surface area contributed by atoms with Crippen LogP contribution in [0.3, 0.4) is 0 Å². The van der Waals surface area contributed by atoms with Crippen LogP contribution in [0.1, 0.15) is 30.3 Å². The maximum Gasteiger partial charge on any atom is 0.283 e. The van der Waals surface area contributed by atoms with Gasteiger partial charge in [0.2, 0.25) is 5.17 Å². The number of hydrogen-bond donors (Lipinski definition) is 1. The van der Waals surface area contributed by atoms with Gasteiger partial charge in [0, 0.05) is 17.1 Å². The quantitative estimate of drug-likeness (QED) is 0.704. The summed E-state index contributed by atoms with van der Waals surface area (Å²) in [5, 5.41) is 15.5. The molecule has 0 fully saturated rings. The number of fused-ring (bicyclic) bond motifs is 1. The number of hydrogen-bond acceptors (Lipinski definition) is 4. The van der Waals surface area contributed by atoms with Crippen molar-refractivity contribution in [3.05, 3.63) is 57.6 Å². The number of rotatable bonds is 3. The largest absolute Gasteiger partial charge is 0.318 e. The minimum absolute atomic E-state index is 0.00517. The van der Waals surface area contributed by atoms with Gasteiger partial charge in [-0.1, -0.05) is 18.5 Å². The summed E-state index contributed by atoms with van der Waals surface area (Å²) in [6.07, 6.45) is 2.36. The molecular formula is C20H17ClFN5OS. The minimum Gasteiger partial charge on any atom is -0.318 e. The number of aromatic nitrogens is 1. The molecule has 2 aliphatic heterocycles. The van der Waals surface area contributed by atoms with E-state index in [0.717, 1.165) is 27.7 Å². The first-order valence-electron chi connectivity index (χ1n) is 8.93. The smallest absolute Gasteiger partial charge is 0.283 e. The Balaban J connectivity index is 1.76. The summed E-state index contributed by atoms with van der Waals surface area (Å²) in [6, 6.07) is 6.42. The molecule has 0 bridgehead atoms. The van der Waals surface area contributed by atoms with Crippen LogP contribution in [-0.2, 0) is 4.79 Å². The summed E-state index contributed by atoms with van der Waals surface area (Å²) >= 11 is 7.25. The van der Waals surface area contributed by atoms with Gasteiger partial charge in [-0.15, -0.1) is 0 Å². The molecule has 2 aliphatic rings. The SMILES string of the molecule is CCC1=NN2C(=N)/C(=C/c3cc(C)n(-c4ccc(F)c(Cl)c4)c3C)C(=O)N=C2S1. The Bertz CT molecular complexity index is 1160. The maximum atomic E-state index is 13.5. The Labute approximate surface area is 176 Å². The van der Waals surface area contributed by atoms with Crippen LogP contribution in [0.25, 0.3) is 11.8 Å². The van der Waals surface area contributed by atoms with Crippen LogP contribution >= 0.6 is 23.4 Å². The molecule has 148 valence electrons. The molecule has 0 saturated carbocycles. The number of carbonyl (C=O) groups excluding carboxylic acids is 1. The summed E-state index contributed by atoms with van der Waals surface area (Å²) in [5.74, 6) is -0.938. The number of amides is 1. The normalized spacial score (nSPS) is 17.7. The molecule has 1 amide bonds. The van der Waals surface area contributed by atoms with Gasteiger partial charge in [0.25, 0.3) is 5.91 Å². The summed E-state index contributed by atoms with van der Waals surface area (Å²) in [7, 11) is 0. The number of benzene rings is 1. The summed E-state index contributed by atoms with van der Waals surface area (Å²) in [6.45, 7) is 5.76. The fourth-order valence-corrected chi connectivity index (χ4v) is 4.28. The summed E-state index contributed by atoms with van der Waals surface area (Å²) < 4.78 is 15.5. The summed E-state index contributed by atoms with van der Waals surface area (Å²) in [5.41, 5.74) is 3.38. The molecule has 6 nitrogen and oxygen atoms in total. The number of thioether (sulfide) groups is 1. The van der Waals surface area contributed by atoms with Crippen LogP contribution in [-0.4, -0.2) is 31.5 Å². The van der Waals surface area contributed by atoms with Gasteiger partial charge in [0.05, 0.1) is 10.6 Å². The van der Waals surface area contributed by atoms with E-state index in [9.17, 15) is 9.18 Å². The Morgan fingerprint density at radius 2 is 2.07 bits per heavy atom. The highest BCUT2D eigenvalue weighted by Crippen LogP contribution is 2.31. The first kappa shape index (κ1) is 19.6. The second-order valence-electron chi connectivity index (χ2n) is 6.63. The summed E-state index contributed by atoms with van der Waals surface area (Å²) in [4.78, 5) is 16.6. The molecule has 1 N–H and O–H groups in total. The van der Waals surface area contributed by atoms with E-state index in [-0.39, 0.29) is 16.4 Å². The average Bonchev–Trinajstić information content (AvgIpc) is 3.21. The molecule has 0 radical (unpaired) electrons. The predicted molar refractivity (Wildman–Crippen MR) is 116 cm³/mol. The number of aryl methyl sites for hydroxylation is 1. The van der Waals surface area contributed by atoms with E-state index in [1.54, 1.807) is 18.2 Å². The highest BCUT2D eigenvalue weighted by Gasteiger charge is 2.35. The van der Waals surface area contributed by atoms with E-state index in [4.69, 9.17) is 17.0 Å². The van der Waals surface area contributed by atoms with E-state index in [2.05, 4.69) is 10.1 Å². The molecule has 1 aromatic heterocycles. The lowest BCUT2D eigenvalue weighted by molar-refractivity contribution is -0.114. The molecule has 0 spiro atoms. The zero-order valence-electron chi connectivity index (χ0n) is 16.0. The van der Waals surface area contributed by atoms with Crippen molar-refractivity contribution in [1.82, 2.24) is 9.58 Å². The lowest BCUT2D eigenvalue weighted by Crippen LogP contribution is -2.35. The van der Waals surface area contributed by atoms with Gasteiger partial charge in [0.1, 0.15) is 10.9 Å². The van der Waals surface area contributed by atoms with Crippen LogP contribution in [0.5, 0.6) is 0 Å². The lowest BCUT2D eigenvalue weighted by atomic mass is 10.1. The molecule has 0 unspecified atom stereocenters. The first-order valence-corrected chi connectivity index (χ1v) is 10.1. The van der Waals surface area contributed by atoms with Crippen molar-refractivity contribution >= 4 is 51.4 Å². The molecule has 29 heavy (non-hydrogen) atoms. The highest BCUT2D eigenvalue weighted by molar-refractivity contribution is 8.26. The molecule has 0 atom stereocenters. The topological polar surface area (TPSA) is 73.8 Å². The minimum atomic E-state index is -0.481. The molecule has 2 aromatic rings. The molecule has 3 heterocycles.